The molecule has 0 N–H and O–H groups in total. The van der Waals surface area contributed by atoms with Gasteiger partial charge in [-0.2, -0.15) is 0 Å². The summed E-state index contributed by atoms with van der Waals surface area (Å²) in [7, 11) is 0. The van der Waals surface area contributed by atoms with Crippen molar-refractivity contribution in [1.82, 2.24) is 0 Å². The average molecular weight is 647 g/mol. The molecular formula is C40H38O6S. The van der Waals surface area contributed by atoms with Crippen LogP contribution in [0.25, 0.3) is 0 Å². The van der Waals surface area contributed by atoms with E-state index in [4.69, 9.17) is 23.7 Å². The molecule has 1 aliphatic rings. The highest BCUT2D eigenvalue weighted by atomic mass is 32.2. The van der Waals surface area contributed by atoms with E-state index < -0.39 is 35.8 Å². The van der Waals surface area contributed by atoms with Crippen LogP contribution in [0, 0.1) is 0 Å². The molecule has 0 unspecified atom stereocenters. The molecule has 1 fully saturated rings. The van der Waals surface area contributed by atoms with Crippen molar-refractivity contribution in [2.24, 2.45) is 0 Å². The normalized spacial score (nSPS) is 19.7. The van der Waals surface area contributed by atoms with Gasteiger partial charge in [0.05, 0.1) is 32.0 Å². The summed E-state index contributed by atoms with van der Waals surface area (Å²) in [6.45, 7) is 1.34. The minimum absolute atomic E-state index is 0.250. The van der Waals surface area contributed by atoms with Crippen LogP contribution in [0.2, 0.25) is 0 Å². The van der Waals surface area contributed by atoms with Crippen molar-refractivity contribution in [1.29, 1.82) is 0 Å². The highest BCUT2D eigenvalue weighted by molar-refractivity contribution is 7.99. The predicted octanol–water partition coefficient (Wildman–Crippen LogP) is 8.12. The van der Waals surface area contributed by atoms with Gasteiger partial charge in [0.15, 0.2) is 6.10 Å². The Kier molecular flexibility index (Phi) is 11.9. The van der Waals surface area contributed by atoms with Gasteiger partial charge in [-0.3, -0.25) is 0 Å². The zero-order valence-corrected chi connectivity index (χ0v) is 26.8. The largest absolute Gasteiger partial charge is 0.452 e. The molecule has 0 spiro atoms. The van der Waals surface area contributed by atoms with Crippen molar-refractivity contribution in [2.75, 3.05) is 6.61 Å². The van der Waals surface area contributed by atoms with Crippen LogP contribution < -0.4 is 0 Å². The molecule has 5 atom stereocenters. The highest BCUT2D eigenvalue weighted by Crippen LogP contribution is 2.40. The Labute approximate surface area is 280 Å². The van der Waals surface area contributed by atoms with Crippen molar-refractivity contribution >= 4 is 17.7 Å². The number of carbonyl (C=O) groups is 1. The molecule has 0 radical (unpaired) electrons. The summed E-state index contributed by atoms with van der Waals surface area (Å²) in [5, 5.41) is 0. The number of hydrogen-bond acceptors (Lipinski definition) is 7. The van der Waals surface area contributed by atoms with Crippen LogP contribution >= 0.6 is 11.8 Å². The van der Waals surface area contributed by atoms with Crippen molar-refractivity contribution < 1.29 is 28.5 Å². The number of hydrogen-bond donors (Lipinski definition) is 0. The summed E-state index contributed by atoms with van der Waals surface area (Å²) in [4.78, 5) is 14.5. The summed E-state index contributed by atoms with van der Waals surface area (Å²) in [6, 6.07) is 49.0. The number of carbonyl (C=O) groups excluding carboxylic acids is 1. The molecule has 5 aromatic carbocycles. The third kappa shape index (κ3) is 9.41. The Balaban J connectivity index is 1.30. The van der Waals surface area contributed by atoms with Crippen molar-refractivity contribution in [2.45, 2.75) is 54.6 Å². The third-order valence-electron chi connectivity index (χ3n) is 7.81. The van der Waals surface area contributed by atoms with Crippen LogP contribution in [0.3, 0.4) is 0 Å². The van der Waals surface area contributed by atoms with Gasteiger partial charge >= 0.3 is 5.97 Å². The molecule has 47 heavy (non-hydrogen) atoms. The fourth-order valence-electron chi connectivity index (χ4n) is 5.41. The summed E-state index contributed by atoms with van der Waals surface area (Å²) >= 11 is 1.50. The number of rotatable bonds is 15. The Hall–Kier alpha value is -4.24. The lowest BCUT2D eigenvalue weighted by Crippen LogP contribution is -2.45. The highest BCUT2D eigenvalue weighted by Gasteiger charge is 2.52. The second-order valence-electron chi connectivity index (χ2n) is 11.2. The van der Waals surface area contributed by atoms with Crippen LogP contribution in [-0.2, 0) is 43.5 Å². The smallest absolute Gasteiger partial charge is 0.338 e. The van der Waals surface area contributed by atoms with Gasteiger partial charge in [-0.15, -0.1) is 0 Å². The molecule has 7 heteroatoms. The minimum atomic E-state index is -0.737. The number of benzene rings is 5. The van der Waals surface area contributed by atoms with Gasteiger partial charge in [-0.05, 0) is 41.0 Å². The third-order valence-corrected chi connectivity index (χ3v) is 8.96. The van der Waals surface area contributed by atoms with E-state index in [0.29, 0.717) is 25.4 Å². The van der Waals surface area contributed by atoms with Gasteiger partial charge in [-0.25, -0.2) is 4.79 Å². The number of ether oxygens (including phenoxy) is 5. The first-order chi connectivity index (χ1) is 23.2. The maximum atomic E-state index is 13.5. The SMILES string of the molecule is O=C(O[C@@H]1[C@@H](OCc2ccccc2)[C@H]([C@@H](COCc2ccccc2)OCc2ccccc2)O[C@H]1Sc1ccccc1)c1ccccc1. The predicted molar refractivity (Wildman–Crippen MR) is 183 cm³/mol. The van der Waals surface area contributed by atoms with E-state index in [1.165, 1.54) is 11.8 Å². The lowest BCUT2D eigenvalue weighted by Gasteiger charge is -2.29. The molecule has 0 saturated carbocycles. The first kappa shape index (κ1) is 32.7. The maximum absolute atomic E-state index is 13.5. The molecule has 6 nitrogen and oxygen atoms in total. The Bertz CT molecular complexity index is 1620. The van der Waals surface area contributed by atoms with E-state index in [1.807, 2.05) is 140 Å². The molecule has 1 heterocycles. The molecule has 1 saturated heterocycles. The lowest BCUT2D eigenvalue weighted by molar-refractivity contribution is -0.136. The van der Waals surface area contributed by atoms with Crippen LogP contribution in [0.4, 0.5) is 0 Å². The Morgan fingerprint density at radius 1 is 0.617 bits per heavy atom. The molecule has 0 bridgehead atoms. The fourth-order valence-corrected chi connectivity index (χ4v) is 6.52. The molecule has 5 aromatic rings. The maximum Gasteiger partial charge on any atom is 0.338 e. The summed E-state index contributed by atoms with van der Waals surface area (Å²) < 4.78 is 32.6. The van der Waals surface area contributed by atoms with E-state index in [0.717, 1.165) is 21.6 Å². The van der Waals surface area contributed by atoms with Crippen molar-refractivity contribution in [3.63, 3.8) is 0 Å². The quantitative estimate of drug-likeness (QED) is 0.107. The molecule has 240 valence electrons. The van der Waals surface area contributed by atoms with E-state index in [2.05, 4.69) is 0 Å². The molecule has 0 aromatic heterocycles. The van der Waals surface area contributed by atoms with Crippen molar-refractivity contribution in [3.05, 3.63) is 174 Å². The number of esters is 1. The number of thioether (sulfide) groups is 1. The van der Waals surface area contributed by atoms with Crippen molar-refractivity contribution in [3.8, 4) is 0 Å². The molecular weight excluding hydrogens is 609 g/mol. The van der Waals surface area contributed by atoms with E-state index in [9.17, 15) is 4.79 Å². The zero-order valence-electron chi connectivity index (χ0n) is 26.0. The average Bonchev–Trinajstić information content (AvgIpc) is 3.46. The van der Waals surface area contributed by atoms with Gasteiger partial charge in [0, 0.05) is 4.90 Å². The second kappa shape index (κ2) is 17.1. The fraction of sp³-hybridized carbons (Fsp3) is 0.225. The zero-order chi connectivity index (χ0) is 32.1. The Morgan fingerprint density at radius 3 is 1.72 bits per heavy atom. The molecule has 0 amide bonds. The van der Waals surface area contributed by atoms with Gasteiger partial charge in [0.1, 0.15) is 23.7 Å². The van der Waals surface area contributed by atoms with Gasteiger partial charge in [0.25, 0.3) is 0 Å². The lowest BCUT2D eigenvalue weighted by atomic mass is 10.1. The minimum Gasteiger partial charge on any atom is -0.452 e. The van der Waals surface area contributed by atoms with Crippen LogP contribution in [0.15, 0.2) is 157 Å². The summed E-state index contributed by atoms with van der Waals surface area (Å²) in [6.07, 6.45) is -2.52. The molecule has 0 aliphatic carbocycles. The van der Waals surface area contributed by atoms with Crippen LogP contribution in [0.5, 0.6) is 0 Å². The second-order valence-corrected chi connectivity index (χ2v) is 12.4. The van der Waals surface area contributed by atoms with Gasteiger partial charge < -0.3 is 23.7 Å². The first-order valence-corrected chi connectivity index (χ1v) is 16.7. The monoisotopic (exact) mass is 646 g/mol. The van der Waals surface area contributed by atoms with E-state index in [1.54, 1.807) is 12.1 Å². The van der Waals surface area contributed by atoms with E-state index >= 15 is 0 Å². The van der Waals surface area contributed by atoms with Crippen LogP contribution in [-0.4, -0.2) is 42.4 Å². The summed E-state index contributed by atoms with van der Waals surface area (Å²) in [5.74, 6) is -0.436. The molecule has 1 aliphatic heterocycles. The summed E-state index contributed by atoms with van der Waals surface area (Å²) in [5.41, 5.74) is 2.99. The van der Waals surface area contributed by atoms with E-state index in [-0.39, 0.29) is 6.61 Å². The Morgan fingerprint density at radius 2 is 1.13 bits per heavy atom. The van der Waals surface area contributed by atoms with Gasteiger partial charge in [-0.1, -0.05) is 139 Å². The van der Waals surface area contributed by atoms with Crippen LogP contribution in [0.1, 0.15) is 27.0 Å². The first-order valence-electron chi connectivity index (χ1n) is 15.8. The topological polar surface area (TPSA) is 63.2 Å². The van der Waals surface area contributed by atoms with Gasteiger partial charge in [0.2, 0.25) is 0 Å². The molecule has 6 rings (SSSR count). The standard InChI is InChI=1S/C40H38O6S/c41-39(33-22-12-4-13-23-33)45-38-37(44-28-32-20-10-3-11-21-32)36(46-40(38)47-34-24-14-5-15-25-34)35(43-27-31-18-8-2-9-19-31)29-42-26-30-16-6-1-7-17-30/h1-25,35-38,40H,26-29H2/t35-,36+,37+,38-,40+/m1/s1.